The Morgan fingerprint density at radius 1 is 0.962 bits per heavy atom. The van der Waals surface area contributed by atoms with Crippen LogP contribution in [0.1, 0.15) is 0 Å². The number of nitrogens with one attached hydrogen (secondary N) is 2. The molecule has 0 bridgehead atoms. The Morgan fingerprint density at radius 2 is 1.77 bits per heavy atom. The lowest BCUT2D eigenvalue weighted by atomic mass is 10.0. The molecule has 2 N–H and O–H groups in total. The highest BCUT2D eigenvalue weighted by atomic mass is 16.5. The second-order valence-electron chi connectivity index (χ2n) is 6.55. The second-order valence-corrected chi connectivity index (χ2v) is 6.55. The lowest BCUT2D eigenvalue weighted by Gasteiger charge is -2.27. The molecule has 0 radical (unpaired) electrons. The fourth-order valence-electron chi connectivity index (χ4n) is 3.38. The van der Waals surface area contributed by atoms with Crippen LogP contribution in [0.15, 0.2) is 59.5 Å². The summed E-state index contributed by atoms with van der Waals surface area (Å²) in [5.74, 6) is 0.729. The summed E-state index contributed by atoms with van der Waals surface area (Å²) in [6, 6.07) is 16.1. The number of H-pyrrole nitrogens is 1. The van der Waals surface area contributed by atoms with Gasteiger partial charge in [0.1, 0.15) is 12.4 Å². The van der Waals surface area contributed by atoms with Crippen LogP contribution in [0.5, 0.6) is 5.75 Å². The number of aromatic amines is 1. The number of fused-ring (bicyclic) bond motifs is 1. The number of hydrogen-bond donors (Lipinski definition) is 2. The number of aromatic nitrogens is 1. The van der Waals surface area contributed by atoms with Crippen molar-refractivity contribution < 1.29 is 4.74 Å². The van der Waals surface area contributed by atoms with E-state index in [0.29, 0.717) is 12.0 Å². The van der Waals surface area contributed by atoms with Gasteiger partial charge in [0.05, 0.1) is 5.39 Å². The summed E-state index contributed by atoms with van der Waals surface area (Å²) in [5.41, 5.74) is 2.12. The Labute approximate surface area is 152 Å². The maximum atomic E-state index is 12.2. The van der Waals surface area contributed by atoms with Crippen molar-refractivity contribution in [3.05, 3.63) is 65.1 Å². The van der Waals surface area contributed by atoms with E-state index in [1.807, 2.05) is 36.4 Å². The molecule has 3 aromatic rings. The number of pyridine rings is 1. The van der Waals surface area contributed by atoms with Crippen molar-refractivity contribution in [1.29, 1.82) is 0 Å². The zero-order valence-corrected chi connectivity index (χ0v) is 14.7. The van der Waals surface area contributed by atoms with Crippen LogP contribution < -0.4 is 15.6 Å². The number of hydrogen-bond acceptors (Lipinski definition) is 4. The number of nitrogens with zero attached hydrogens (tertiary/aromatic N) is 1. The van der Waals surface area contributed by atoms with Gasteiger partial charge in [-0.2, -0.15) is 0 Å². The molecule has 1 aromatic heterocycles. The van der Waals surface area contributed by atoms with Gasteiger partial charge >= 0.3 is 0 Å². The molecule has 0 spiro atoms. The van der Waals surface area contributed by atoms with Gasteiger partial charge in [0.25, 0.3) is 5.56 Å². The van der Waals surface area contributed by atoms with Crippen LogP contribution in [-0.4, -0.2) is 49.2 Å². The first-order valence-corrected chi connectivity index (χ1v) is 9.08. The molecule has 1 fully saturated rings. The van der Waals surface area contributed by atoms with Crippen molar-refractivity contribution in [2.45, 2.75) is 0 Å². The van der Waals surface area contributed by atoms with Crippen LogP contribution in [0, 0.1) is 0 Å². The van der Waals surface area contributed by atoms with Crippen LogP contribution in [0.4, 0.5) is 0 Å². The minimum absolute atomic E-state index is 0.0888. The van der Waals surface area contributed by atoms with Gasteiger partial charge in [-0.15, -0.1) is 0 Å². The predicted octanol–water partition coefficient (Wildman–Crippen LogP) is 2.48. The fraction of sp³-hybridized carbons (Fsp3) is 0.286. The SMILES string of the molecule is O=c1[nH]cc(OCCN2CCNCC2)c2cc(-c3ccccc3)ccc12. The largest absolute Gasteiger partial charge is 0.490 e. The van der Waals surface area contributed by atoms with Crippen molar-refractivity contribution in [1.82, 2.24) is 15.2 Å². The van der Waals surface area contributed by atoms with E-state index in [4.69, 9.17) is 4.74 Å². The Morgan fingerprint density at radius 3 is 2.58 bits per heavy atom. The monoisotopic (exact) mass is 349 g/mol. The highest BCUT2D eigenvalue weighted by Gasteiger charge is 2.11. The zero-order chi connectivity index (χ0) is 17.8. The average molecular weight is 349 g/mol. The van der Waals surface area contributed by atoms with E-state index >= 15 is 0 Å². The van der Waals surface area contributed by atoms with Crippen molar-refractivity contribution in [3.8, 4) is 16.9 Å². The summed E-state index contributed by atoms with van der Waals surface area (Å²) in [6.07, 6.45) is 1.68. The molecule has 0 amide bonds. The summed E-state index contributed by atoms with van der Waals surface area (Å²) in [4.78, 5) is 17.3. The molecule has 4 rings (SSSR count). The van der Waals surface area contributed by atoms with Crippen LogP contribution >= 0.6 is 0 Å². The van der Waals surface area contributed by atoms with E-state index in [1.54, 1.807) is 6.20 Å². The molecule has 1 saturated heterocycles. The minimum atomic E-state index is -0.0888. The van der Waals surface area contributed by atoms with E-state index in [9.17, 15) is 4.79 Å². The minimum Gasteiger partial charge on any atom is -0.490 e. The molecule has 0 atom stereocenters. The predicted molar refractivity (Wildman–Crippen MR) is 105 cm³/mol. The van der Waals surface area contributed by atoms with Crippen molar-refractivity contribution >= 4 is 10.8 Å². The second kappa shape index (κ2) is 7.72. The lowest BCUT2D eigenvalue weighted by Crippen LogP contribution is -2.44. The molecular formula is C21H23N3O2. The Kier molecular flexibility index (Phi) is 5.00. The number of benzene rings is 2. The molecule has 0 saturated carbocycles. The Bertz CT molecular complexity index is 931. The number of ether oxygens (including phenoxy) is 1. The third-order valence-electron chi connectivity index (χ3n) is 4.85. The van der Waals surface area contributed by atoms with Gasteiger partial charge in [0.2, 0.25) is 0 Å². The maximum absolute atomic E-state index is 12.2. The Balaban J connectivity index is 1.59. The molecule has 2 aromatic carbocycles. The first kappa shape index (κ1) is 16.8. The molecular weight excluding hydrogens is 326 g/mol. The first-order chi connectivity index (χ1) is 12.8. The summed E-state index contributed by atoms with van der Waals surface area (Å²) in [7, 11) is 0. The molecule has 0 unspecified atom stereocenters. The summed E-state index contributed by atoms with van der Waals surface area (Å²) in [5, 5.41) is 4.87. The molecule has 1 aliphatic heterocycles. The van der Waals surface area contributed by atoms with Gasteiger partial charge in [-0.05, 0) is 23.3 Å². The van der Waals surface area contributed by atoms with E-state index < -0.39 is 0 Å². The maximum Gasteiger partial charge on any atom is 0.256 e. The molecule has 5 nitrogen and oxygen atoms in total. The summed E-state index contributed by atoms with van der Waals surface area (Å²) in [6.45, 7) is 5.66. The number of rotatable bonds is 5. The van der Waals surface area contributed by atoms with Crippen molar-refractivity contribution in [2.24, 2.45) is 0 Å². The third kappa shape index (κ3) is 3.64. The lowest BCUT2D eigenvalue weighted by molar-refractivity contribution is 0.192. The van der Waals surface area contributed by atoms with Gasteiger partial charge < -0.3 is 15.0 Å². The van der Waals surface area contributed by atoms with Crippen LogP contribution in [0.2, 0.25) is 0 Å². The quantitative estimate of drug-likeness (QED) is 0.743. The first-order valence-electron chi connectivity index (χ1n) is 9.08. The van der Waals surface area contributed by atoms with Gasteiger partial charge in [-0.25, -0.2) is 0 Å². The van der Waals surface area contributed by atoms with Gasteiger partial charge in [0.15, 0.2) is 0 Å². The molecule has 134 valence electrons. The highest BCUT2D eigenvalue weighted by molar-refractivity contribution is 5.91. The van der Waals surface area contributed by atoms with E-state index in [-0.39, 0.29) is 5.56 Å². The third-order valence-corrected chi connectivity index (χ3v) is 4.85. The molecule has 1 aliphatic rings. The van der Waals surface area contributed by atoms with E-state index in [0.717, 1.165) is 55.0 Å². The fourth-order valence-corrected chi connectivity index (χ4v) is 3.38. The van der Waals surface area contributed by atoms with Crippen LogP contribution in [-0.2, 0) is 0 Å². The molecule has 0 aliphatic carbocycles. The van der Waals surface area contributed by atoms with Crippen LogP contribution in [0.25, 0.3) is 21.9 Å². The van der Waals surface area contributed by atoms with Crippen molar-refractivity contribution in [3.63, 3.8) is 0 Å². The topological polar surface area (TPSA) is 57.4 Å². The smallest absolute Gasteiger partial charge is 0.256 e. The molecule has 5 heteroatoms. The van der Waals surface area contributed by atoms with Crippen LogP contribution in [0.3, 0.4) is 0 Å². The summed E-state index contributed by atoms with van der Waals surface area (Å²) >= 11 is 0. The molecule has 26 heavy (non-hydrogen) atoms. The normalized spacial score (nSPS) is 15.2. The van der Waals surface area contributed by atoms with E-state index in [2.05, 4.69) is 27.3 Å². The average Bonchev–Trinajstić information content (AvgIpc) is 2.71. The Hall–Kier alpha value is -2.63. The van der Waals surface area contributed by atoms with E-state index in [1.165, 1.54) is 0 Å². The standard InChI is InChI=1S/C21H23N3O2/c25-21-18-7-6-17(16-4-2-1-3-5-16)14-19(18)20(15-23-21)26-13-12-24-10-8-22-9-11-24/h1-7,14-15,22H,8-13H2,(H,23,25). The zero-order valence-electron chi connectivity index (χ0n) is 14.7. The van der Waals surface area contributed by atoms with Crippen molar-refractivity contribution in [2.75, 3.05) is 39.3 Å². The molecule has 2 heterocycles. The van der Waals surface area contributed by atoms with Gasteiger partial charge in [-0.1, -0.05) is 36.4 Å². The highest BCUT2D eigenvalue weighted by Crippen LogP contribution is 2.28. The van der Waals surface area contributed by atoms with Gasteiger partial charge in [0, 0.05) is 44.3 Å². The van der Waals surface area contributed by atoms with Gasteiger partial charge in [-0.3, -0.25) is 9.69 Å². The summed E-state index contributed by atoms with van der Waals surface area (Å²) < 4.78 is 6.04. The number of piperazine rings is 1.